The van der Waals surface area contributed by atoms with Crippen molar-refractivity contribution in [3.05, 3.63) is 35.9 Å². The van der Waals surface area contributed by atoms with E-state index < -0.39 is 8.60 Å². The van der Waals surface area contributed by atoms with Gasteiger partial charge in [-0.15, -0.1) is 0 Å². The summed E-state index contributed by atoms with van der Waals surface area (Å²) in [5.74, 6) is 0. The van der Waals surface area contributed by atoms with Crippen LogP contribution in [0.15, 0.2) is 30.3 Å². The van der Waals surface area contributed by atoms with E-state index in [0.717, 1.165) is 51.7 Å². The van der Waals surface area contributed by atoms with Gasteiger partial charge in [-0.25, -0.2) is 0 Å². The normalized spacial score (nSPS) is 11.2. The van der Waals surface area contributed by atoms with Crippen LogP contribution in [0.3, 0.4) is 0 Å². The molecular weight excluding hydrogens is 283 g/mol. The van der Waals surface area contributed by atoms with E-state index in [-0.39, 0.29) is 0 Å². The first-order valence-corrected chi connectivity index (χ1v) is 9.19. The number of hydrogen-bond donors (Lipinski definition) is 0. The SMILES string of the molecule is CCCCOP(OCCCC)OCCCc1ccccc1. The monoisotopic (exact) mass is 312 g/mol. The number of rotatable bonds is 13. The van der Waals surface area contributed by atoms with E-state index in [2.05, 4.69) is 38.1 Å². The van der Waals surface area contributed by atoms with Crippen LogP contribution in [0.5, 0.6) is 0 Å². The highest BCUT2D eigenvalue weighted by atomic mass is 31.2. The van der Waals surface area contributed by atoms with Crippen LogP contribution in [0, 0.1) is 0 Å². The summed E-state index contributed by atoms with van der Waals surface area (Å²) >= 11 is 0. The lowest BCUT2D eigenvalue weighted by molar-refractivity contribution is 0.156. The number of hydrogen-bond acceptors (Lipinski definition) is 3. The molecule has 0 spiro atoms. The Kier molecular flexibility index (Phi) is 11.7. The van der Waals surface area contributed by atoms with E-state index in [4.69, 9.17) is 13.6 Å². The lowest BCUT2D eigenvalue weighted by Gasteiger charge is -2.16. The zero-order valence-electron chi connectivity index (χ0n) is 13.4. The molecule has 0 N–H and O–H groups in total. The number of aryl methyl sites for hydroxylation is 1. The molecule has 0 aliphatic heterocycles. The van der Waals surface area contributed by atoms with Crippen molar-refractivity contribution in [2.45, 2.75) is 52.4 Å². The summed E-state index contributed by atoms with van der Waals surface area (Å²) in [6.07, 6.45) is 6.41. The minimum absolute atomic E-state index is 0.693. The van der Waals surface area contributed by atoms with E-state index in [1.807, 2.05) is 6.07 Å². The molecule has 0 fully saturated rings. The van der Waals surface area contributed by atoms with Crippen molar-refractivity contribution < 1.29 is 13.6 Å². The van der Waals surface area contributed by atoms with Crippen LogP contribution >= 0.6 is 8.60 Å². The predicted octanol–water partition coefficient (Wildman–Crippen LogP) is 5.50. The summed E-state index contributed by atoms with van der Waals surface area (Å²) in [4.78, 5) is 0. The summed E-state index contributed by atoms with van der Waals surface area (Å²) in [7, 11) is -1.16. The van der Waals surface area contributed by atoms with Crippen LogP contribution < -0.4 is 0 Å². The molecule has 0 aliphatic rings. The highest BCUT2D eigenvalue weighted by Crippen LogP contribution is 2.40. The van der Waals surface area contributed by atoms with Crippen LogP contribution in [-0.4, -0.2) is 19.8 Å². The molecule has 0 unspecified atom stereocenters. The van der Waals surface area contributed by atoms with Gasteiger partial charge in [0.25, 0.3) is 0 Å². The van der Waals surface area contributed by atoms with Crippen LogP contribution in [0.2, 0.25) is 0 Å². The highest BCUT2D eigenvalue weighted by molar-refractivity contribution is 7.41. The molecule has 0 aliphatic carbocycles. The maximum absolute atomic E-state index is 5.78. The van der Waals surface area contributed by atoms with E-state index in [9.17, 15) is 0 Å². The lowest BCUT2D eigenvalue weighted by atomic mass is 10.1. The van der Waals surface area contributed by atoms with Crippen molar-refractivity contribution in [2.75, 3.05) is 19.8 Å². The maximum Gasteiger partial charge on any atom is 0.332 e. The van der Waals surface area contributed by atoms with E-state index >= 15 is 0 Å². The molecule has 0 atom stereocenters. The Morgan fingerprint density at radius 3 is 1.81 bits per heavy atom. The molecule has 1 aromatic carbocycles. The number of benzene rings is 1. The van der Waals surface area contributed by atoms with Gasteiger partial charge in [-0.05, 0) is 31.2 Å². The Labute approximate surface area is 131 Å². The topological polar surface area (TPSA) is 27.7 Å². The van der Waals surface area contributed by atoms with Gasteiger partial charge in [0.2, 0.25) is 0 Å². The minimum Gasteiger partial charge on any atom is -0.312 e. The molecule has 4 heteroatoms. The van der Waals surface area contributed by atoms with Gasteiger partial charge in [-0.3, -0.25) is 0 Å². The second kappa shape index (κ2) is 13.2. The Bertz CT molecular complexity index is 322. The fourth-order valence-electron chi connectivity index (χ4n) is 1.74. The second-order valence-electron chi connectivity index (χ2n) is 5.02. The third-order valence-corrected chi connectivity index (χ3v) is 4.22. The minimum atomic E-state index is -1.16. The quantitative estimate of drug-likeness (QED) is 0.356. The Morgan fingerprint density at radius 2 is 1.29 bits per heavy atom. The van der Waals surface area contributed by atoms with E-state index in [1.165, 1.54) is 5.56 Å². The maximum atomic E-state index is 5.78. The van der Waals surface area contributed by atoms with Crippen LogP contribution in [0.25, 0.3) is 0 Å². The molecule has 0 bridgehead atoms. The third-order valence-electron chi connectivity index (χ3n) is 3.04. The Hall–Kier alpha value is -0.470. The standard InChI is InChI=1S/C17H29O3P/c1-3-5-14-18-21(19-15-6-4-2)20-16-10-13-17-11-8-7-9-12-17/h7-9,11-12H,3-6,10,13-16H2,1-2H3. The molecule has 0 saturated carbocycles. The predicted molar refractivity (Wildman–Crippen MR) is 89.4 cm³/mol. The average molecular weight is 312 g/mol. The second-order valence-corrected chi connectivity index (χ2v) is 6.24. The summed E-state index contributed by atoms with van der Waals surface area (Å²) < 4.78 is 17.2. The molecule has 1 rings (SSSR count). The smallest absolute Gasteiger partial charge is 0.312 e. The first-order chi connectivity index (χ1) is 10.4. The van der Waals surface area contributed by atoms with Gasteiger partial charge in [0.15, 0.2) is 0 Å². The lowest BCUT2D eigenvalue weighted by Crippen LogP contribution is -2.01. The van der Waals surface area contributed by atoms with Gasteiger partial charge in [-0.2, -0.15) is 0 Å². The Balaban J connectivity index is 2.17. The average Bonchev–Trinajstić information content (AvgIpc) is 2.52. The molecular formula is C17H29O3P. The largest absolute Gasteiger partial charge is 0.332 e. The molecule has 3 nitrogen and oxygen atoms in total. The molecule has 0 heterocycles. The summed E-state index contributed by atoms with van der Waals surface area (Å²) in [5, 5.41) is 0. The van der Waals surface area contributed by atoms with Crippen molar-refractivity contribution >= 4 is 8.60 Å². The fraction of sp³-hybridized carbons (Fsp3) is 0.647. The van der Waals surface area contributed by atoms with Crippen molar-refractivity contribution in [2.24, 2.45) is 0 Å². The molecule has 120 valence electrons. The van der Waals surface area contributed by atoms with E-state index in [1.54, 1.807) is 0 Å². The van der Waals surface area contributed by atoms with Gasteiger partial charge in [0.05, 0.1) is 19.8 Å². The van der Waals surface area contributed by atoms with Crippen molar-refractivity contribution in [1.29, 1.82) is 0 Å². The van der Waals surface area contributed by atoms with Crippen LogP contribution in [0.4, 0.5) is 0 Å². The first kappa shape index (κ1) is 18.6. The van der Waals surface area contributed by atoms with Crippen LogP contribution in [-0.2, 0) is 20.0 Å². The highest BCUT2D eigenvalue weighted by Gasteiger charge is 2.11. The first-order valence-electron chi connectivity index (χ1n) is 8.09. The van der Waals surface area contributed by atoms with Gasteiger partial charge in [-0.1, -0.05) is 57.0 Å². The molecule has 0 amide bonds. The zero-order valence-corrected chi connectivity index (χ0v) is 14.3. The van der Waals surface area contributed by atoms with Gasteiger partial charge < -0.3 is 13.6 Å². The zero-order chi connectivity index (χ0) is 15.2. The van der Waals surface area contributed by atoms with Gasteiger partial charge in [0.1, 0.15) is 0 Å². The fourth-order valence-corrected chi connectivity index (χ4v) is 2.80. The van der Waals surface area contributed by atoms with Crippen LogP contribution in [0.1, 0.15) is 51.5 Å². The summed E-state index contributed by atoms with van der Waals surface area (Å²) in [5.41, 5.74) is 1.35. The molecule has 1 aromatic rings. The molecule has 0 saturated heterocycles. The third kappa shape index (κ3) is 9.97. The van der Waals surface area contributed by atoms with Crippen molar-refractivity contribution in [3.8, 4) is 0 Å². The van der Waals surface area contributed by atoms with Crippen molar-refractivity contribution in [1.82, 2.24) is 0 Å². The summed E-state index contributed by atoms with van der Waals surface area (Å²) in [6, 6.07) is 10.5. The van der Waals surface area contributed by atoms with Gasteiger partial charge >= 0.3 is 8.60 Å². The molecule has 21 heavy (non-hydrogen) atoms. The molecule has 0 aromatic heterocycles. The van der Waals surface area contributed by atoms with Crippen molar-refractivity contribution in [3.63, 3.8) is 0 Å². The summed E-state index contributed by atoms with van der Waals surface area (Å²) in [6.45, 7) is 6.47. The van der Waals surface area contributed by atoms with Gasteiger partial charge in [0, 0.05) is 0 Å². The Morgan fingerprint density at radius 1 is 0.762 bits per heavy atom. The molecule has 0 radical (unpaired) electrons. The van der Waals surface area contributed by atoms with E-state index in [0.29, 0.717) is 6.61 Å². The number of unbranched alkanes of at least 4 members (excludes halogenated alkanes) is 2.